The smallest absolute Gasteiger partial charge is 0.244 e. The summed E-state index contributed by atoms with van der Waals surface area (Å²) in [6.45, 7) is 3.69. The molecule has 4 aromatic rings. The van der Waals surface area contributed by atoms with E-state index in [2.05, 4.69) is 5.32 Å². The monoisotopic (exact) mass is 446 g/mol. The molecule has 4 rings (SSSR count). The van der Waals surface area contributed by atoms with E-state index in [1.807, 2.05) is 32.0 Å². The van der Waals surface area contributed by atoms with Gasteiger partial charge in [-0.15, -0.1) is 0 Å². The Kier molecular flexibility index (Phi) is 5.67. The molecule has 162 valence electrons. The molecule has 0 aliphatic heterocycles. The summed E-state index contributed by atoms with van der Waals surface area (Å²) in [5.74, 6) is -0.324. The second kappa shape index (κ2) is 8.43. The molecule has 0 aliphatic carbocycles. The molecule has 7 heteroatoms. The molecule has 1 N–H and O–H groups in total. The van der Waals surface area contributed by atoms with Crippen molar-refractivity contribution in [2.24, 2.45) is 0 Å². The molecule has 1 amide bonds. The number of hydrogen-bond donors (Lipinski definition) is 1. The highest BCUT2D eigenvalue weighted by molar-refractivity contribution is 7.91. The van der Waals surface area contributed by atoms with Crippen molar-refractivity contribution < 1.29 is 13.2 Å². The van der Waals surface area contributed by atoms with Crippen LogP contribution in [0.1, 0.15) is 11.1 Å². The van der Waals surface area contributed by atoms with Crippen LogP contribution in [0.25, 0.3) is 10.9 Å². The largest absolute Gasteiger partial charge is 0.336 e. The van der Waals surface area contributed by atoms with E-state index in [-0.39, 0.29) is 27.6 Å². The lowest BCUT2D eigenvalue weighted by atomic mass is 10.1. The van der Waals surface area contributed by atoms with Gasteiger partial charge < -0.3 is 9.88 Å². The Morgan fingerprint density at radius 3 is 2.38 bits per heavy atom. The van der Waals surface area contributed by atoms with Crippen molar-refractivity contribution in [1.29, 1.82) is 0 Å². The lowest BCUT2D eigenvalue weighted by molar-refractivity contribution is -0.116. The minimum atomic E-state index is -4.06. The predicted molar refractivity (Wildman–Crippen MR) is 125 cm³/mol. The van der Waals surface area contributed by atoms with E-state index in [1.54, 1.807) is 42.5 Å². The van der Waals surface area contributed by atoms with Gasteiger partial charge in [0, 0.05) is 17.3 Å². The van der Waals surface area contributed by atoms with Gasteiger partial charge in [0.25, 0.3) is 0 Å². The highest BCUT2D eigenvalue weighted by Crippen LogP contribution is 2.22. The zero-order valence-electron chi connectivity index (χ0n) is 17.7. The molecule has 1 heterocycles. The molecule has 0 fully saturated rings. The Balaban J connectivity index is 1.80. The van der Waals surface area contributed by atoms with Gasteiger partial charge in [-0.2, -0.15) is 0 Å². The maximum atomic E-state index is 13.2. The molecule has 0 saturated heterocycles. The van der Waals surface area contributed by atoms with Crippen molar-refractivity contribution in [3.8, 4) is 0 Å². The number of para-hydroxylation sites is 1. The third-order valence-electron chi connectivity index (χ3n) is 5.28. The zero-order chi connectivity index (χ0) is 22.9. The van der Waals surface area contributed by atoms with E-state index in [1.165, 1.54) is 22.9 Å². The molecular weight excluding hydrogens is 424 g/mol. The number of nitrogens with zero attached hydrogens (tertiary/aromatic N) is 1. The lowest BCUT2D eigenvalue weighted by Gasteiger charge is -2.15. The van der Waals surface area contributed by atoms with Crippen LogP contribution in [0.5, 0.6) is 0 Å². The summed E-state index contributed by atoms with van der Waals surface area (Å²) in [6.07, 6.45) is 1.26. The molecule has 0 spiro atoms. The first-order valence-electron chi connectivity index (χ1n) is 10.1. The van der Waals surface area contributed by atoms with Gasteiger partial charge in [0.05, 0.1) is 10.4 Å². The van der Waals surface area contributed by atoms with Crippen molar-refractivity contribution in [1.82, 2.24) is 4.57 Å². The number of aryl methyl sites for hydroxylation is 2. The Hall–Kier alpha value is -3.71. The average Bonchev–Trinajstić information content (AvgIpc) is 2.78. The zero-order valence-corrected chi connectivity index (χ0v) is 18.5. The SMILES string of the molecule is Cc1ccc(C)c(NC(=O)Cn2cc(S(=O)(=O)c3ccccc3)c(=O)c3ccccc32)c1. The van der Waals surface area contributed by atoms with Crippen LogP contribution >= 0.6 is 0 Å². The highest BCUT2D eigenvalue weighted by atomic mass is 32.2. The van der Waals surface area contributed by atoms with Crippen LogP contribution in [0.2, 0.25) is 0 Å². The van der Waals surface area contributed by atoms with Gasteiger partial charge in [0.15, 0.2) is 0 Å². The molecule has 1 aromatic heterocycles. The molecule has 0 bridgehead atoms. The molecule has 0 saturated carbocycles. The highest BCUT2D eigenvalue weighted by Gasteiger charge is 2.24. The van der Waals surface area contributed by atoms with Crippen LogP contribution in [-0.2, 0) is 21.2 Å². The Morgan fingerprint density at radius 2 is 1.62 bits per heavy atom. The number of fused-ring (bicyclic) bond motifs is 1. The van der Waals surface area contributed by atoms with Gasteiger partial charge >= 0.3 is 0 Å². The maximum absolute atomic E-state index is 13.2. The number of anilines is 1. The van der Waals surface area contributed by atoms with Gasteiger partial charge in [-0.05, 0) is 55.3 Å². The van der Waals surface area contributed by atoms with Crippen LogP contribution in [0.15, 0.2) is 93.6 Å². The van der Waals surface area contributed by atoms with Crippen molar-refractivity contribution in [2.75, 3.05) is 5.32 Å². The minimum absolute atomic E-state index is 0.0266. The summed E-state index contributed by atoms with van der Waals surface area (Å²) < 4.78 is 27.9. The summed E-state index contributed by atoms with van der Waals surface area (Å²) in [4.78, 5) is 25.6. The molecular formula is C25H22N2O4S. The third kappa shape index (κ3) is 4.07. The van der Waals surface area contributed by atoms with Gasteiger partial charge in [-0.3, -0.25) is 9.59 Å². The Bertz CT molecular complexity index is 1490. The fourth-order valence-electron chi connectivity index (χ4n) is 3.58. The summed E-state index contributed by atoms with van der Waals surface area (Å²) in [6, 6.07) is 20.2. The molecule has 0 atom stereocenters. The Morgan fingerprint density at radius 1 is 0.938 bits per heavy atom. The standard InChI is InChI=1S/C25H22N2O4S/c1-17-12-13-18(2)21(14-17)26-24(28)16-27-15-23(25(29)20-10-6-7-11-22(20)27)32(30,31)19-8-4-3-5-9-19/h3-15H,16H2,1-2H3,(H,26,28). The first-order chi connectivity index (χ1) is 15.3. The first-order valence-corrected chi connectivity index (χ1v) is 11.5. The fraction of sp³-hybridized carbons (Fsp3) is 0.120. The molecule has 3 aromatic carbocycles. The van der Waals surface area contributed by atoms with Gasteiger partial charge in [0.1, 0.15) is 11.4 Å². The predicted octanol–water partition coefficient (Wildman–Crippen LogP) is 4.09. The van der Waals surface area contributed by atoms with Crippen LogP contribution < -0.4 is 10.7 Å². The van der Waals surface area contributed by atoms with Gasteiger partial charge in [0.2, 0.25) is 21.2 Å². The fourth-order valence-corrected chi connectivity index (χ4v) is 4.97. The van der Waals surface area contributed by atoms with E-state index >= 15 is 0 Å². The molecule has 32 heavy (non-hydrogen) atoms. The number of carbonyl (C=O) groups excluding carboxylic acids is 1. The second-order valence-electron chi connectivity index (χ2n) is 7.65. The number of rotatable bonds is 5. The van der Waals surface area contributed by atoms with Crippen molar-refractivity contribution >= 4 is 32.3 Å². The van der Waals surface area contributed by atoms with Crippen molar-refractivity contribution in [3.05, 3.63) is 100 Å². The maximum Gasteiger partial charge on any atom is 0.244 e. The summed E-state index contributed by atoms with van der Waals surface area (Å²) in [5.41, 5.74) is 2.52. The molecule has 0 radical (unpaired) electrons. The normalized spacial score (nSPS) is 11.4. The van der Waals surface area contributed by atoms with Crippen LogP contribution in [0.4, 0.5) is 5.69 Å². The minimum Gasteiger partial charge on any atom is -0.336 e. The van der Waals surface area contributed by atoms with E-state index in [4.69, 9.17) is 0 Å². The lowest BCUT2D eigenvalue weighted by Crippen LogP contribution is -2.24. The Labute approximate surface area is 186 Å². The summed E-state index contributed by atoms with van der Waals surface area (Å²) in [7, 11) is -4.06. The number of hydrogen-bond acceptors (Lipinski definition) is 4. The van der Waals surface area contributed by atoms with Crippen LogP contribution in [-0.4, -0.2) is 18.9 Å². The number of benzene rings is 3. The third-order valence-corrected chi connectivity index (χ3v) is 7.04. The average molecular weight is 447 g/mol. The van der Waals surface area contributed by atoms with Crippen LogP contribution in [0, 0.1) is 13.8 Å². The molecule has 6 nitrogen and oxygen atoms in total. The molecule has 0 aliphatic rings. The van der Waals surface area contributed by atoms with E-state index in [0.29, 0.717) is 11.2 Å². The quantitative estimate of drug-likeness (QED) is 0.500. The summed E-state index contributed by atoms with van der Waals surface area (Å²) >= 11 is 0. The summed E-state index contributed by atoms with van der Waals surface area (Å²) in [5, 5.41) is 3.12. The first kappa shape index (κ1) is 21.5. The van der Waals surface area contributed by atoms with Gasteiger partial charge in [-0.1, -0.05) is 42.5 Å². The van der Waals surface area contributed by atoms with Crippen molar-refractivity contribution in [3.63, 3.8) is 0 Å². The van der Waals surface area contributed by atoms with E-state index < -0.39 is 15.3 Å². The van der Waals surface area contributed by atoms with E-state index in [0.717, 1.165) is 11.1 Å². The van der Waals surface area contributed by atoms with Gasteiger partial charge in [-0.25, -0.2) is 8.42 Å². The number of sulfone groups is 1. The number of pyridine rings is 1. The number of amides is 1. The van der Waals surface area contributed by atoms with Crippen LogP contribution in [0.3, 0.4) is 0 Å². The number of aromatic nitrogens is 1. The topological polar surface area (TPSA) is 85.2 Å². The van der Waals surface area contributed by atoms with E-state index in [9.17, 15) is 18.0 Å². The molecule has 0 unspecified atom stereocenters. The second-order valence-corrected chi connectivity index (χ2v) is 9.57. The number of nitrogens with one attached hydrogen (secondary N) is 1. The number of carbonyl (C=O) groups is 1. The van der Waals surface area contributed by atoms with Crippen molar-refractivity contribution in [2.45, 2.75) is 30.2 Å².